The van der Waals surface area contributed by atoms with E-state index in [1.165, 1.54) is 0 Å². The lowest BCUT2D eigenvalue weighted by molar-refractivity contribution is -0.116. The molecule has 2 unspecified atom stereocenters. The third-order valence-corrected chi connectivity index (χ3v) is 3.37. The van der Waals surface area contributed by atoms with Crippen molar-refractivity contribution in [1.29, 1.82) is 0 Å². The topological polar surface area (TPSA) is 41.1 Å². The van der Waals surface area contributed by atoms with Gasteiger partial charge in [-0.2, -0.15) is 11.8 Å². The highest BCUT2D eigenvalue weighted by molar-refractivity contribution is 7.98. The first kappa shape index (κ1) is 15.1. The van der Waals surface area contributed by atoms with Crippen molar-refractivity contribution in [2.24, 2.45) is 0 Å². The van der Waals surface area contributed by atoms with Gasteiger partial charge in [-0.15, -0.1) is 0 Å². The molecule has 2 atom stereocenters. The van der Waals surface area contributed by atoms with Crippen molar-refractivity contribution in [3.63, 3.8) is 0 Å². The number of rotatable bonds is 7. The van der Waals surface area contributed by atoms with Crippen LogP contribution in [0.4, 0.5) is 5.69 Å². The third kappa shape index (κ3) is 6.07. The predicted molar refractivity (Wildman–Crippen MR) is 80.1 cm³/mol. The second-order valence-electron chi connectivity index (χ2n) is 4.54. The Balaban J connectivity index is 2.31. The number of hydrogen-bond acceptors (Lipinski definition) is 3. The van der Waals surface area contributed by atoms with E-state index in [2.05, 4.69) is 23.8 Å². The first-order valence-electron chi connectivity index (χ1n) is 6.21. The summed E-state index contributed by atoms with van der Waals surface area (Å²) in [6.45, 7) is 4.18. The summed E-state index contributed by atoms with van der Waals surface area (Å²) in [5.74, 6) is 1.11. The lowest BCUT2D eigenvalue weighted by Crippen LogP contribution is -2.38. The van der Waals surface area contributed by atoms with Crippen LogP contribution in [0.3, 0.4) is 0 Å². The maximum Gasteiger partial charge on any atom is 0.225 e. The van der Waals surface area contributed by atoms with Crippen LogP contribution in [-0.2, 0) is 4.79 Å². The van der Waals surface area contributed by atoms with Gasteiger partial charge in [0.05, 0.1) is 0 Å². The number of thioether (sulfide) groups is 1. The molecule has 3 nitrogen and oxygen atoms in total. The maximum atomic E-state index is 11.8. The van der Waals surface area contributed by atoms with Gasteiger partial charge in [0.15, 0.2) is 0 Å². The van der Waals surface area contributed by atoms with Crippen LogP contribution >= 0.6 is 11.8 Å². The van der Waals surface area contributed by atoms with E-state index in [1.807, 2.05) is 49.0 Å². The number of anilines is 1. The summed E-state index contributed by atoms with van der Waals surface area (Å²) < 4.78 is 0. The minimum Gasteiger partial charge on any atom is -0.326 e. The summed E-state index contributed by atoms with van der Waals surface area (Å²) in [6.07, 6.45) is 2.58. The molecule has 0 heterocycles. The van der Waals surface area contributed by atoms with Crippen molar-refractivity contribution in [3.8, 4) is 0 Å². The Morgan fingerprint density at radius 3 is 2.50 bits per heavy atom. The fraction of sp³-hybridized carbons (Fsp3) is 0.500. The monoisotopic (exact) mass is 266 g/mol. The second kappa shape index (κ2) is 8.16. The molecular weight excluding hydrogens is 244 g/mol. The highest BCUT2D eigenvalue weighted by atomic mass is 32.2. The molecule has 100 valence electrons. The number of carbonyl (C=O) groups is 1. The van der Waals surface area contributed by atoms with E-state index >= 15 is 0 Å². The summed E-state index contributed by atoms with van der Waals surface area (Å²) in [4.78, 5) is 11.8. The van der Waals surface area contributed by atoms with Gasteiger partial charge in [-0.1, -0.05) is 18.2 Å². The normalized spacial score (nSPS) is 13.9. The van der Waals surface area contributed by atoms with E-state index in [0.717, 1.165) is 11.4 Å². The molecule has 0 radical (unpaired) electrons. The van der Waals surface area contributed by atoms with Gasteiger partial charge >= 0.3 is 0 Å². The van der Waals surface area contributed by atoms with Crippen molar-refractivity contribution in [3.05, 3.63) is 30.3 Å². The minimum absolute atomic E-state index is 0.0533. The third-order valence-electron chi connectivity index (χ3n) is 2.53. The van der Waals surface area contributed by atoms with Crippen molar-refractivity contribution in [2.45, 2.75) is 32.4 Å². The van der Waals surface area contributed by atoms with E-state index < -0.39 is 0 Å². The van der Waals surface area contributed by atoms with E-state index in [1.54, 1.807) is 0 Å². The minimum atomic E-state index is 0.0533. The van der Waals surface area contributed by atoms with Crippen molar-refractivity contribution in [1.82, 2.24) is 5.32 Å². The maximum absolute atomic E-state index is 11.8. The van der Waals surface area contributed by atoms with Gasteiger partial charge in [0.2, 0.25) is 5.91 Å². The highest BCUT2D eigenvalue weighted by Crippen LogP contribution is 2.06. The SMILES string of the molecule is CSCC(C)NC(C)CC(=O)Nc1ccccc1. The first-order chi connectivity index (χ1) is 8.61. The lowest BCUT2D eigenvalue weighted by atomic mass is 10.2. The predicted octanol–water partition coefficient (Wildman–Crippen LogP) is 2.74. The van der Waals surface area contributed by atoms with E-state index in [-0.39, 0.29) is 11.9 Å². The van der Waals surface area contributed by atoms with E-state index in [4.69, 9.17) is 0 Å². The molecule has 0 aliphatic rings. The molecule has 0 spiro atoms. The van der Waals surface area contributed by atoms with Gasteiger partial charge in [-0.3, -0.25) is 4.79 Å². The van der Waals surface area contributed by atoms with Crippen molar-refractivity contribution >= 4 is 23.4 Å². The molecule has 4 heteroatoms. The van der Waals surface area contributed by atoms with Crippen LogP contribution in [0.1, 0.15) is 20.3 Å². The van der Waals surface area contributed by atoms with Crippen molar-refractivity contribution < 1.29 is 4.79 Å². The molecule has 1 aromatic rings. The van der Waals surface area contributed by atoms with Crippen LogP contribution < -0.4 is 10.6 Å². The van der Waals surface area contributed by atoms with Gasteiger partial charge in [-0.25, -0.2) is 0 Å². The van der Waals surface area contributed by atoms with E-state index in [9.17, 15) is 4.79 Å². The molecule has 0 aromatic heterocycles. The van der Waals surface area contributed by atoms with Crippen LogP contribution in [-0.4, -0.2) is 30.0 Å². The molecule has 0 saturated carbocycles. The largest absolute Gasteiger partial charge is 0.326 e. The molecule has 2 N–H and O–H groups in total. The molecular formula is C14H22N2OS. The lowest BCUT2D eigenvalue weighted by Gasteiger charge is -2.19. The first-order valence-corrected chi connectivity index (χ1v) is 7.61. The van der Waals surface area contributed by atoms with E-state index in [0.29, 0.717) is 12.5 Å². The highest BCUT2D eigenvalue weighted by Gasteiger charge is 2.11. The number of para-hydroxylation sites is 1. The number of benzene rings is 1. The quantitative estimate of drug-likeness (QED) is 0.797. The Bertz CT molecular complexity index is 356. The summed E-state index contributed by atoms with van der Waals surface area (Å²) >= 11 is 1.81. The van der Waals surface area contributed by atoms with Gasteiger partial charge in [0.1, 0.15) is 0 Å². The number of amides is 1. The Morgan fingerprint density at radius 2 is 1.89 bits per heavy atom. The summed E-state index contributed by atoms with van der Waals surface area (Å²) in [5.41, 5.74) is 0.854. The van der Waals surface area contributed by atoms with Crippen molar-refractivity contribution in [2.75, 3.05) is 17.3 Å². The van der Waals surface area contributed by atoms with Gasteiger partial charge < -0.3 is 10.6 Å². The Kier molecular flexibility index (Phi) is 6.83. The molecule has 1 aromatic carbocycles. The van der Waals surface area contributed by atoms with Crippen LogP contribution in [0, 0.1) is 0 Å². The summed E-state index contributed by atoms with van der Waals surface area (Å²) in [7, 11) is 0. The molecule has 0 bridgehead atoms. The smallest absolute Gasteiger partial charge is 0.225 e. The number of hydrogen-bond donors (Lipinski definition) is 2. The molecule has 0 aliphatic heterocycles. The zero-order valence-corrected chi connectivity index (χ0v) is 12.1. The average molecular weight is 266 g/mol. The van der Waals surface area contributed by atoms with Gasteiger partial charge in [-0.05, 0) is 32.2 Å². The zero-order valence-electron chi connectivity index (χ0n) is 11.3. The molecule has 18 heavy (non-hydrogen) atoms. The Labute approximate surface area is 114 Å². The summed E-state index contributed by atoms with van der Waals surface area (Å²) in [6, 6.07) is 10.2. The Morgan fingerprint density at radius 1 is 1.22 bits per heavy atom. The Hall–Kier alpha value is -1.00. The standard InChI is InChI=1S/C14H22N2OS/c1-11(15-12(2)10-18-3)9-14(17)16-13-7-5-4-6-8-13/h4-8,11-12,15H,9-10H2,1-3H3,(H,16,17). The summed E-state index contributed by atoms with van der Waals surface area (Å²) in [5, 5.41) is 6.31. The molecule has 0 fully saturated rings. The van der Waals surface area contributed by atoms with Crippen LogP contribution in [0.2, 0.25) is 0 Å². The van der Waals surface area contributed by atoms with Crippen LogP contribution in [0.5, 0.6) is 0 Å². The molecule has 0 saturated heterocycles. The zero-order chi connectivity index (χ0) is 13.4. The van der Waals surface area contributed by atoms with Gasteiger partial charge in [0, 0.05) is 29.9 Å². The van der Waals surface area contributed by atoms with Crippen LogP contribution in [0.25, 0.3) is 0 Å². The second-order valence-corrected chi connectivity index (χ2v) is 5.45. The van der Waals surface area contributed by atoms with Crippen LogP contribution in [0.15, 0.2) is 30.3 Å². The molecule has 1 amide bonds. The molecule has 1 rings (SSSR count). The van der Waals surface area contributed by atoms with Gasteiger partial charge in [0.25, 0.3) is 0 Å². The fourth-order valence-electron chi connectivity index (χ4n) is 1.85. The average Bonchev–Trinajstić information content (AvgIpc) is 2.29. The number of nitrogens with one attached hydrogen (secondary N) is 2. The molecule has 0 aliphatic carbocycles. The fourth-order valence-corrected chi connectivity index (χ4v) is 2.45. The number of carbonyl (C=O) groups excluding carboxylic acids is 1.